The number of hydrogen-bond donors (Lipinski definition) is 3. The molecule has 0 aliphatic carbocycles. The minimum absolute atomic E-state index is 0.139. The molecule has 5 rings (SSSR count). The third-order valence-electron chi connectivity index (χ3n) is 4.90. The lowest BCUT2D eigenvalue weighted by Gasteiger charge is -2.30. The van der Waals surface area contributed by atoms with Gasteiger partial charge in [-0.3, -0.25) is 9.78 Å². The highest BCUT2D eigenvalue weighted by molar-refractivity contribution is 6.04. The van der Waals surface area contributed by atoms with Gasteiger partial charge in [0, 0.05) is 37.9 Å². The van der Waals surface area contributed by atoms with Gasteiger partial charge in [-0.15, -0.1) is 0 Å². The number of rotatable bonds is 4. The van der Waals surface area contributed by atoms with Crippen LogP contribution in [0.3, 0.4) is 0 Å². The molecule has 29 heavy (non-hydrogen) atoms. The number of nitrogens with one attached hydrogen (secondary N) is 3. The summed E-state index contributed by atoms with van der Waals surface area (Å²) < 4.78 is 5.71. The Labute approximate surface area is 166 Å². The third kappa shape index (κ3) is 3.43. The standard InChI is InChI=1S/C20H19N7O2/c28-19(26-16-10-22-4-3-17(16)27-7-5-21-6-8-27)18-11-23-20(29-18)13-1-2-14-15(9-13)25-12-24-14/h1-4,9-12,21H,5-8H2,(H,24,25)(H,26,28). The Kier molecular flexibility index (Phi) is 4.41. The fourth-order valence-electron chi connectivity index (χ4n) is 3.43. The van der Waals surface area contributed by atoms with Crippen molar-refractivity contribution in [2.45, 2.75) is 0 Å². The van der Waals surface area contributed by atoms with E-state index in [0.717, 1.165) is 48.5 Å². The number of aromatic amines is 1. The highest BCUT2D eigenvalue weighted by Gasteiger charge is 2.19. The van der Waals surface area contributed by atoms with Crippen LogP contribution in [-0.2, 0) is 0 Å². The van der Waals surface area contributed by atoms with Crippen LogP contribution in [0.5, 0.6) is 0 Å². The molecule has 9 nitrogen and oxygen atoms in total. The number of nitrogens with zero attached hydrogens (tertiary/aromatic N) is 4. The van der Waals surface area contributed by atoms with Crippen LogP contribution in [0.1, 0.15) is 10.6 Å². The summed E-state index contributed by atoms with van der Waals surface area (Å²) in [4.78, 5) is 30.6. The van der Waals surface area contributed by atoms with Crippen LogP contribution < -0.4 is 15.5 Å². The van der Waals surface area contributed by atoms with Gasteiger partial charge >= 0.3 is 0 Å². The second-order valence-electron chi connectivity index (χ2n) is 6.75. The molecule has 0 saturated carbocycles. The monoisotopic (exact) mass is 389 g/mol. The molecular weight excluding hydrogens is 370 g/mol. The van der Waals surface area contributed by atoms with Crippen molar-refractivity contribution < 1.29 is 9.21 Å². The number of anilines is 2. The zero-order valence-corrected chi connectivity index (χ0v) is 15.6. The van der Waals surface area contributed by atoms with Gasteiger partial charge in [0.2, 0.25) is 11.7 Å². The van der Waals surface area contributed by atoms with Crippen LogP contribution in [0.4, 0.5) is 11.4 Å². The fraction of sp³-hybridized carbons (Fsp3) is 0.200. The average molecular weight is 389 g/mol. The van der Waals surface area contributed by atoms with Gasteiger partial charge in [-0.25, -0.2) is 9.97 Å². The predicted octanol–water partition coefficient (Wildman–Crippen LogP) is 2.27. The number of H-pyrrole nitrogens is 1. The average Bonchev–Trinajstić information content (AvgIpc) is 3.44. The largest absolute Gasteiger partial charge is 0.431 e. The molecule has 0 radical (unpaired) electrons. The predicted molar refractivity (Wildman–Crippen MR) is 109 cm³/mol. The van der Waals surface area contributed by atoms with Crippen LogP contribution in [0.2, 0.25) is 0 Å². The Morgan fingerprint density at radius 2 is 2.03 bits per heavy atom. The summed E-state index contributed by atoms with van der Waals surface area (Å²) in [5.74, 6) is 0.149. The first-order chi connectivity index (χ1) is 14.3. The summed E-state index contributed by atoms with van der Waals surface area (Å²) in [6.45, 7) is 3.55. The van der Waals surface area contributed by atoms with E-state index < -0.39 is 0 Å². The summed E-state index contributed by atoms with van der Waals surface area (Å²) in [6, 6.07) is 7.53. The van der Waals surface area contributed by atoms with E-state index in [2.05, 4.69) is 35.5 Å². The number of fused-ring (bicyclic) bond motifs is 1. The summed E-state index contributed by atoms with van der Waals surface area (Å²) in [5, 5.41) is 6.23. The van der Waals surface area contributed by atoms with E-state index in [-0.39, 0.29) is 11.7 Å². The van der Waals surface area contributed by atoms with Crippen molar-refractivity contribution in [1.82, 2.24) is 25.3 Å². The van der Waals surface area contributed by atoms with Crippen molar-refractivity contribution in [3.05, 3.63) is 54.9 Å². The molecule has 1 amide bonds. The van der Waals surface area contributed by atoms with E-state index in [4.69, 9.17) is 4.42 Å². The molecular formula is C20H19N7O2. The molecule has 1 aliphatic heterocycles. The Morgan fingerprint density at radius 1 is 1.14 bits per heavy atom. The second kappa shape index (κ2) is 7.36. The zero-order chi connectivity index (χ0) is 19.6. The molecule has 9 heteroatoms. The van der Waals surface area contributed by atoms with Gasteiger partial charge in [-0.1, -0.05) is 0 Å². The maximum atomic E-state index is 12.7. The Balaban J connectivity index is 1.37. The number of carbonyl (C=O) groups is 1. The zero-order valence-electron chi connectivity index (χ0n) is 15.6. The molecule has 0 unspecified atom stereocenters. The van der Waals surface area contributed by atoms with Crippen molar-refractivity contribution >= 4 is 28.3 Å². The lowest BCUT2D eigenvalue weighted by Crippen LogP contribution is -2.43. The summed E-state index contributed by atoms with van der Waals surface area (Å²) >= 11 is 0. The first-order valence-corrected chi connectivity index (χ1v) is 9.38. The van der Waals surface area contributed by atoms with Crippen LogP contribution in [-0.4, -0.2) is 52.0 Å². The first kappa shape index (κ1) is 17.4. The van der Waals surface area contributed by atoms with E-state index in [9.17, 15) is 4.79 Å². The maximum absolute atomic E-state index is 12.7. The number of pyridine rings is 1. The number of hydrogen-bond acceptors (Lipinski definition) is 7. The van der Waals surface area contributed by atoms with Crippen molar-refractivity contribution in [2.75, 3.05) is 36.4 Å². The van der Waals surface area contributed by atoms with Crippen molar-refractivity contribution in [2.24, 2.45) is 0 Å². The first-order valence-electron chi connectivity index (χ1n) is 9.38. The van der Waals surface area contributed by atoms with Gasteiger partial charge in [0.05, 0.1) is 41.1 Å². The van der Waals surface area contributed by atoms with Crippen molar-refractivity contribution in [3.63, 3.8) is 0 Å². The third-order valence-corrected chi connectivity index (χ3v) is 4.90. The van der Waals surface area contributed by atoms with Crippen LogP contribution in [0.15, 0.2) is 53.6 Å². The van der Waals surface area contributed by atoms with Gasteiger partial charge in [-0.05, 0) is 24.3 Å². The van der Waals surface area contributed by atoms with E-state index in [1.165, 1.54) is 6.20 Å². The molecule has 3 N–H and O–H groups in total. The molecule has 146 valence electrons. The lowest BCUT2D eigenvalue weighted by atomic mass is 10.2. The highest BCUT2D eigenvalue weighted by Crippen LogP contribution is 2.27. The summed E-state index contributed by atoms with van der Waals surface area (Å²) in [6.07, 6.45) is 6.44. The number of imidazole rings is 1. The maximum Gasteiger partial charge on any atom is 0.293 e. The number of oxazole rings is 1. The van der Waals surface area contributed by atoms with E-state index in [0.29, 0.717) is 11.6 Å². The molecule has 4 heterocycles. The fourth-order valence-corrected chi connectivity index (χ4v) is 3.43. The Morgan fingerprint density at radius 3 is 2.93 bits per heavy atom. The number of amides is 1. The molecule has 0 spiro atoms. The molecule has 4 aromatic rings. The molecule has 1 aliphatic rings. The Hall–Kier alpha value is -3.72. The number of carbonyl (C=O) groups excluding carboxylic acids is 1. The highest BCUT2D eigenvalue weighted by atomic mass is 16.4. The molecule has 1 aromatic carbocycles. The number of piperazine rings is 1. The van der Waals surface area contributed by atoms with Crippen molar-refractivity contribution in [3.8, 4) is 11.5 Å². The smallest absolute Gasteiger partial charge is 0.293 e. The molecule has 1 saturated heterocycles. The minimum Gasteiger partial charge on any atom is -0.431 e. The SMILES string of the molecule is O=C(Nc1cnccc1N1CCNCC1)c1cnc(-c2ccc3nc[nH]c3c2)o1. The molecule has 0 atom stereocenters. The van der Waals surface area contributed by atoms with Crippen LogP contribution >= 0.6 is 0 Å². The summed E-state index contributed by atoms with van der Waals surface area (Å²) in [7, 11) is 0. The molecule has 3 aromatic heterocycles. The van der Waals surface area contributed by atoms with E-state index >= 15 is 0 Å². The van der Waals surface area contributed by atoms with Gasteiger partial charge in [0.25, 0.3) is 5.91 Å². The quantitative estimate of drug-likeness (QED) is 0.491. The normalized spacial score (nSPS) is 14.3. The number of benzene rings is 1. The minimum atomic E-state index is -0.365. The Bertz CT molecular complexity index is 1160. The van der Waals surface area contributed by atoms with Crippen LogP contribution in [0.25, 0.3) is 22.5 Å². The molecule has 0 bridgehead atoms. The van der Waals surface area contributed by atoms with Gasteiger partial charge in [0.1, 0.15) is 0 Å². The van der Waals surface area contributed by atoms with Crippen molar-refractivity contribution in [1.29, 1.82) is 0 Å². The van der Waals surface area contributed by atoms with E-state index in [1.54, 1.807) is 18.7 Å². The summed E-state index contributed by atoms with van der Waals surface area (Å²) in [5.41, 5.74) is 4.09. The lowest BCUT2D eigenvalue weighted by molar-refractivity contribution is 0.0997. The van der Waals surface area contributed by atoms with Gasteiger partial charge in [0.15, 0.2) is 0 Å². The van der Waals surface area contributed by atoms with Gasteiger partial charge in [-0.2, -0.15) is 0 Å². The topological polar surface area (TPSA) is 112 Å². The molecule has 1 fully saturated rings. The van der Waals surface area contributed by atoms with E-state index in [1.807, 2.05) is 24.3 Å². The number of aromatic nitrogens is 4. The second-order valence-corrected chi connectivity index (χ2v) is 6.75. The van der Waals surface area contributed by atoms with Crippen LogP contribution in [0, 0.1) is 0 Å². The van der Waals surface area contributed by atoms with Gasteiger partial charge < -0.3 is 24.9 Å².